The lowest BCUT2D eigenvalue weighted by atomic mass is 9.78. The van der Waals surface area contributed by atoms with Crippen molar-refractivity contribution in [1.82, 2.24) is 4.98 Å². The number of hydrazone groups is 1. The standard InChI is InChI=1S/C59H40N4/c60-54-35-42(26-29-57(54)63-62-56-30-28-47(48-16-6-7-17-49(48)56)46-33-43-15-5-10-20-55(43)61-36-46)41-25-27-52-53(34-41)59(45-24-22-38-12-2-4-14-40(38)32-45)51-19-9-8-18-50(51)58(52)44-23-21-37-11-1-3-13-39(37)31-44/h1-30,32-36,44,60,62H,31H2/b60-54?,63-57-. The molecule has 1 atom stereocenters. The number of pyridine rings is 1. The monoisotopic (exact) mass is 804 g/mol. The van der Waals surface area contributed by atoms with Crippen LogP contribution in [0.1, 0.15) is 28.2 Å². The number of aromatic nitrogens is 1. The van der Waals surface area contributed by atoms with Gasteiger partial charge in [-0.3, -0.25) is 15.8 Å². The van der Waals surface area contributed by atoms with Gasteiger partial charge in [-0.15, -0.1) is 0 Å². The normalized spacial score (nSPS) is 15.4. The van der Waals surface area contributed by atoms with Crippen LogP contribution in [-0.2, 0) is 6.42 Å². The summed E-state index contributed by atoms with van der Waals surface area (Å²) in [5.74, 6) is 0.223. The molecule has 2 N–H and O–H groups in total. The third-order valence-corrected chi connectivity index (χ3v) is 12.9. The second kappa shape index (κ2) is 15.1. The molecule has 0 spiro atoms. The molecule has 1 aromatic heterocycles. The minimum atomic E-state index is 0.223. The van der Waals surface area contributed by atoms with Gasteiger partial charge in [0.15, 0.2) is 0 Å². The summed E-state index contributed by atoms with van der Waals surface area (Å²) < 4.78 is 0. The van der Waals surface area contributed by atoms with Gasteiger partial charge in [0.25, 0.3) is 0 Å². The summed E-state index contributed by atoms with van der Waals surface area (Å²) in [6.07, 6.45) is 13.6. The maximum Gasteiger partial charge on any atom is 0.108 e. The molecule has 9 aromatic carbocycles. The minimum Gasteiger partial charge on any atom is -0.299 e. The Bertz CT molecular complexity index is 3660. The summed E-state index contributed by atoms with van der Waals surface area (Å²) in [4.78, 5) is 4.73. The van der Waals surface area contributed by atoms with E-state index in [2.05, 4.69) is 175 Å². The van der Waals surface area contributed by atoms with Crippen LogP contribution in [0.5, 0.6) is 0 Å². The van der Waals surface area contributed by atoms with E-state index in [4.69, 9.17) is 10.1 Å². The van der Waals surface area contributed by atoms with Crippen LogP contribution in [-0.4, -0.2) is 16.4 Å². The number of anilines is 1. The lowest BCUT2D eigenvalue weighted by molar-refractivity contribution is 0.841. The Labute approximate surface area is 365 Å². The molecule has 1 unspecified atom stereocenters. The van der Waals surface area contributed by atoms with Crippen LogP contribution < -0.4 is 5.43 Å². The van der Waals surface area contributed by atoms with E-state index >= 15 is 0 Å². The molecule has 0 bridgehead atoms. The molecule has 4 nitrogen and oxygen atoms in total. The number of hydrogen-bond acceptors (Lipinski definition) is 4. The molecule has 63 heavy (non-hydrogen) atoms. The maximum atomic E-state index is 9.21. The Morgan fingerprint density at radius 2 is 1.25 bits per heavy atom. The van der Waals surface area contributed by atoms with Crippen molar-refractivity contribution in [2.75, 3.05) is 5.43 Å². The zero-order valence-electron chi connectivity index (χ0n) is 34.4. The van der Waals surface area contributed by atoms with Crippen LogP contribution in [0.4, 0.5) is 5.69 Å². The number of nitrogens with one attached hydrogen (secondary N) is 2. The fourth-order valence-electron chi connectivity index (χ4n) is 9.85. The van der Waals surface area contributed by atoms with Crippen LogP contribution in [0, 0.1) is 5.41 Å². The third-order valence-electron chi connectivity index (χ3n) is 12.9. The number of benzene rings is 9. The Hall–Kier alpha value is -8.21. The molecule has 0 amide bonds. The van der Waals surface area contributed by atoms with Crippen LogP contribution >= 0.6 is 0 Å². The summed E-state index contributed by atoms with van der Waals surface area (Å²) in [6, 6.07) is 63.0. The SMILES string of the molecule is N=C1C=C(c2ccc3c(C4C=Cc5ccccc5C4)c4ccccc4c(-c4ccc5ccccc5c4)c3c2)C=C/C1=N/Nc1ccc(-c2cnc3ccccc3c2)c2ccccc12. The Balaban J connectivity index is 0.924. The van der Waals surface area contributed by atoms with E-state index in [1.54, 1.807) is 0 Å². The van der Waals surface area contributed by atoms with E-state index in [0.717, 1.165) is 56.0 Å². The lowest BCUT2D eigenvalue weighted by Crippen LogP contribution is -2.13. The van der Waals surface area contributed by atoms with Crippen molar-refractivity contribution in [1.29, 1.82) is 5.41 Å². The first-order chi connectivity index (χ1) is 31.1. The van der Waals surface area contributed by atoms with Gasteiger partial charge in [0.1, 0.15) is 5.71 Å². The Morgan fingerprint density at radius 3 is 2.14 bits per heavy atom. The summed E-state index contributed by atoms with van der Waals surface area (Å²) in [5, 5.41) is 24.7. The van der Waals surface area contributed by atoms with Crippen LogP contribution in [0.2, 0.25) is 0 Å². The van der Waals surface area contributed by atoms with Gasteiger partial charge in [-0.05, 0) is 131 Å². The van der Waals surface area contributed by atoms with Gasteiger partial charge in [0.2, 0.25) is 0 Å². The van der Waals surface area contributed by atoms with Gasteiger partial charge in [-0.1, -0.05) is 164 Å². The molecule has 0 saturated carbocycles. The van der Waals surface area contributed by atoms with Crippen LogP contribution in [0.25, 0.3) is 87.9 Å². The van der Waals surface area contributed by atoms with Crippen LogP contribution in [0.15, 0.2) is 212 Å². The fraction of sp³-hybridized carbons (Fsp3) is 0.0339. The largest absolute Gasteiger partial charge is 0.299 e. The second-order valence-corrected chi connectivity index (χ2v) is 16.6. The Morgan fingerprint density at radius 1 is 0.540 bits per heavy atom. The zero-order valence-corrected chi connectivity index (χ0v) is 34.4. The predicted molar refractivity (Wildman–Crippen MR) is 267 cm³/mol. The molecule has 12 rings (SSSR count). The molecule has 10 aromatic rings. The van der Waals surface area contributed by atoms with Crippen molar-refractivity contribution < 1.29 is 0 Å². The number of hydrogen-bond donors (Lipinski definition) is 2. The molecule has 0 saturated heterocycles. The van der Waals surface area contributed by atoms with Gasteiger partial charge >= 0.3 is 0 Å². The van der Waals surface area contributed by atoms with E-state index in [1.165, 1.54) is 60.1 Å². The van der Waals surface area contributed by atoms with Crippen molar-refractivity contribution in [3.8, 4) is 22.3 Å². The molecular formula is C59H40N4. The zero-order chi connectivity index (χ0) is 41.9. The molecule has 0 aliphatic heterocycles. The van der Waals surface area contributed by atoms with Crippen molar-refractivity contribution in [3.63, 3.8) is 0 Å². The molecule has 296 valence electrons. The van der Waals surface area contributed by atoms with Crippen molar-refractivity contribution in [2.24, 2.45) is 5.10 Å². The van der Waals surface area contributed by atoms with Crippen molar-refractivity contribution in [3.05, 3.63) is 229 Å². The summed E-state index contributed by atoms with van der Waals surface area (Å²) in [5.41, 5.74) is 16.8. The van der Waals surface area contributed by atoms with E-state index in [-0.39, 0.29) is 5.92 Å². The van der Waals surface area contributed by atoms with Gasteiger partial charge < -0.3 is 0 Å². The third kappa shape index (κ3) is 6.43. The average molecular weight is 805 g/mol. The second-order valence-electron chi connectivity index (χ2n) is 16.6. The first-order valence-electron chi connectivity index (χ1n) is 21.6. The van der Waals surface area contributed by atoms with E-state index < -0.39 is 0 Å². The maximum absolute atomic E-state index is 9.21. The van der Waals surface area contributed by atoms with E-state index in [9.17, 15) is 5.41 Å². The van der Waals surface area contributed by atoms with Gasteiger partial charge in [-0.25, -0.2) is 0 Å². The van der Waals surface area contributed by atoms with Crippen LogP contribution in [0.3, 0.4) is 0 Å². The summed E-state index contributed by atoms with van der Waals surface area (Å²) >= 11 is 0. The number of rotatable bonds is 6. The van der Waals surface area contributed by atoms with Gasteiger partial charge in [-0.2, -0.15) is 5.10 Å². The molecule has 4 heteroatoms. The molecular weight excluding hydrogens is 765 g/mol. The highest BCUT2D eigenvalue weighted by atomic mass is 15.3. The first kappa shape index (κ1) is 36.6. The highest BCUT2D eigenvalue weighted by Crippen LogP contribution is 2.46. The highest BCUT2D eigenvalue weighted by molar-refractivity contribution is 6.51. The number of para-hydroxylation sites is 1. The first-order valence-corrected chi connectivity index (χ1v) is 21.6. The average Bonchev–Trinajstić information content (AvgIpc) is 3.34. The highest BCUT2D eigenvalue weighted by Gasteiger charge is 2.24. The molecule has 2 aliphatic rings. The van der Waals surface area contributed by atoms with E-state index in [1.807, 2.05) is 42.6 Å². The van der Waals surface area contributed by atoms with Crippen molar-refractivity contribution >= 4 is 82.8 Å². The fourth-order valence-corrected chi connectivity index (χ4v) is 9.85. The number of nitrogens with zero attached hydrogens (tertiary/aromatic N) is 2. The smallest absolute Gasteiger partial charge is 0.108 e. The van der Waals surface area contributed by atoms with Gasteiger partial charge in [0.05, 0.1) is 16.9 Å². The quantitative estimate of drug-likeness (QED) is 0.0999. The summed E-state index contributed by atoms with van der Waals surface area (Å²) in [7, 11) is 0. The lowest BCUT2D eigenvalue weighted by Gasteiger charge is -2.25. The predicted octanol–water partition coefficient (Wildman–Crippen LogP) is 15.0. The van der Waals surface area contributed by atoms with Crippen molar-refractivity contribution in [2.45, 2.75) is 12.3 Å². The summed E-state index contributed by atoms with van der Waals surface area (Å²) in [6.45, 7) is 0. The molecule has 2 aliphatic carbocycles. The molecule has 1 heterocycles. The number of allylic oxidation sites excluding steroid dienone is 5. The minimum absolute atomic E-state index is 0.223. The molecule has 0 radical (unpaired) electrons. The van der Waals surface area contributed by atoms with Gasteiger partial charge in [0, 0.05) is 28.5 Å². The molecule has 0 fully saturated rings. The van der Waals surface area contributed by atoms with E-state index in [0.29, 0.717) is 11.4 Å². The number of fused-ring (bicyclic) bond motifs is 6. The Kier molecular flexibility index (Phi) is 8.75. The topological polar surface area (TPSA) is 61.1 Å².